The van der Waals surface area contributed by atoms with Crippen molar-refractivity contribution >= 4 is 40.7 Å². The summed E-state index contributed by atoms with van der Waals surface area (Å²) in [6.07, 6.45) is 0. The van der Waals surface area contributed by atoms with Gasteiger partial charge in [-0.25, -0.2) is 4.98 Å². The Labute approximate surface area is 125 Å². The molecule has 1 aromatic heterocycles. The molecule has 1 heterocycles. The van der Waals surface area contributed by atoms with E-state index < -0.39 is 0 Å². The van der Waals surface area contributed by atoms with Crippen molar-refractivity contribution in [1.29, 1.82) is 0 Å². The molecule has 0 unspecified atom stereocenters. The number of halogens is 2. The Hall–Kier alpha value is -1.92. The molecular formula is C12H12Cl2N4O2. The molecule has 0 bridgehead atoms. The molecule has 0 aliphatic carbocycles. The largest absolute Gasteiger partial charge is 0.495 e. The maximum atomic E-state index is 6.08. The Morgan fingerprint density at radius 3 is 2.35 bits per heavy atom. The zero-order valence-corrected chi connectivity index (χ0v) is 12.3. The van der Waals surface area contributed by atoms with Crippen molar-refractivity contribution in [1.82, 2.24) is 9.97 Å². The van der Waals surface area contributed by atoms with Crippen LogP contribution in [0.5, 0.6) is 11.5 Å². The highest BCUT2D eigenvalue weighted by Gasteiger charge is 2.11. The summed E-state index contributed by atoms with van der Waals surface area (Å²) in [7, 11) is 3.06. The number of benzene rings is 1. The van der Waals surface area contributed by atoms with Crippen molar-refractivity contribution in [2.75, 3.05) is 25.3 Å². The Morgan fingerprint density at radius 1 is 1.05 bits per heavy atom. The van der Waals surface area contributed by atoms with Crippen LogP contribution in [-0.4, -0.2) is 24.2 Å². The lowest BCUT2D eigenvalue weighted by Gasteiger charge is -2.13. The predicted octanol–water partition coefficient (Wildman–Crippen LogP) is 3.13. The number of aromatic nitrogens is 2. The minimum atomic E-state index is 0.0681. The number of anilines is 3. The maximum Gasteiger partial charge on any atom is 0.223 e. The van der Waals surface area contributed by atoms with Crippen LogP contribution in [0, 0.1) is 0 Å². The summed E-state index contributed by atoms with van der Waals surface area (Å²) >= 11 is 11.9. The topological polar surface area (TPSA) is 82.3 Å². The number of nitrogen functional groups attached to an aromatic ring is 1. The fourth-order valence-corrected chi connectivity index (χ4v) is 2.03. The molecule has 2 rings (SSSR count). The summed E-state index contributed by atoms with van der Waals surface area (Å²) in [6, 6.07) is 4.86. The summed E-state index contributed by atoms with van der Waals surface area (Å²) in [5, 5.41) is 3.69. The first-order chi connectivity index (χ1) is 9.53. The second-order valence-electron chi connectivity index (χ2n) is 3.75. The lowest BCUT2D eigenvalue weighted by molar-refractivity contribution is 0.396. The van der Waals surface area contributed by atoms with Crippen molar-refractivity contribution in [2.24, 2.45) is 0 Å². The van der Waals surface area contributed by atoms with E-state index in [-0.39, 0.29) is 11.1 Å². The molecule has 0 fully saturated rings. The average molecular weight is 315 g/mol. The molecule has 20 heavy (non-hydrogen) atoms. The van der Waals surface area contributed by atoms with E-state index in [2.05, 4.69) is 15.3 Å². The molecule has 0 atom stereocenters. The molecule has 0 aliphatic heterocycles. The van der Waals surface area contributed by atoms with E-state index in [4.69, 9.17) is 38.4 Å². The van der Waals surface area contributed by atoms with Gasteiger partial charge in [0.05, 0.1) is 24.9 Å². The molecule has 6 nitrogen and oxygen atoms in total. The molecule has 1 aromatic carbocycles. The van der Waals surface area contributed by atoms with Crippen LogP contribution in [0.3, 0.4) is 0 Å². The first kappa shape index (κ1) is 14.5. The van der Waals surface area contributed by atoms with Crippen molar-refractivity contribution < 1.29 is 9.47 Å². The zero-order valence-electron chi connectivity index (χ0n) is 10.8. The molecule has 3 N–H and O–H groups in total. The fourth-order valence-electron chi connectivity index (χ4n) is 1.59. The summed E-state index contributed by atoms with van der Waals surface area (Å²) in [5.41, 5.74) is 6.14. The molecule has 0 saturated carbocycles. The highest BCUT2D eigenvalue weighted by atomic mass is 35.5. The van der Waals surface area contributed by atoms with Crippen molar-refractivity contribution in [2.45, 2.75) is 0 Å². The first-order valence-corrected chi connectivity index (χ1v) is 6.27. The standard InChI is InChI=1S/C12H12Cl2N4O2/c1-19-8-4-9(20-2)7(3-6(8)13)16-11-5-10(14)17-12(15)18-11/h3-5H,1-2H3,(H3,15,16,17,18). The Kier molecular flexibility index (Phi) is 4.36. The highest BCUT2D eigenvalue weighted by molar-refractivity contribution is 6.32. The molecule has 2 aromatic rings. The monoisotopic (exact) mass is 314 g/mol. The quantitative estimate of drug-likeness (QED) is 0.844. The SMILES string of the molecule is COc1cc(OC)c(Nc2cc(Cl)nc(N)n2)cc1Cl. The Balaban J connectivity index is 2.39. The molecule has 0 saturated heterocycles. The Bertz CT molecular complexity index is 617. The number of nitrogens with one attached hydrogen (secondary N) is 1. The van der Waals surface area contributed by atoms with Crippen LogP contribution >= 0.6 is 23.2 Å². The van der Waals surface area contributed by atoms with Gasteiger partial charge in [0.1, 0.15) is 22.5 Å². The van der Waals surface area contributed by atoms with Gasteiger partial charge in [-0.15, -0.1) is 0 Å². The number of hydrogen-bond donors (Lipinski definition) is 2. The fraction of sp³-hybridized carbons (Fsp3) is 0.167. The molecule has 0 aliphatic rings. The summed E-state index contributed by atoms with van der Waals surface area (Å²) < 4.78 is 10.4. The van der Waals surface area contributed by atoms with Crippen molar-refractivity contribution in [3.8, 4) is 11.5 Å². The highest BCUT2D eigenvalue weighted by Crippen LogP contribution is 2.37. The Morgan fingerprint density at radius 2 is 1.75 bits per heavy atom. The zero-order chi connectivity index (χ0) is 14.7. The second-order valence-corrected chi connectivity index (χ2v) is 4.54. The van der Waals surface area contributed by atoms with Crippen molar-refractivity contribution in [3.63, 3.8) is 0 Å². The van der Waals surface area contributed by atoms with Gasteiger partial charge in [0.25, 0.3) is 0 Å². The van der Waals surface area contributed by atoms with E-state index in [0.717, 1.165) is 0 Å². The smallest absolute Gasteiger partial charge is 0.223 e. The van der Waals surface area contributed by atoms with Gasteiger partial charge >= 0.3 is 0 Å². The van der Waals surface area contributed by atoms with Crippen LogP contribution in [0.1, 0.15) is 0 Å². The van der Waals surface area contributed by atoms with Gasteiger partial charge in [-0.3, -0.25) is 0 Å². The maximum absolute atomic E-state index is 6.08. The second kappa shape index (κ2) is 6.02. The van der Waals surface area contributed by atoms with Gasteiger partial charge < -0.3 is 20.5 Å². The van der Waals surface area contributed by atoms with E-state index in [1.165, 1.54) is 20.3 Å². The lowest BCUT2D eigenvalue weighted by Crippen LogP contribution is -2.01. The summed E-state index contributed by atoms with van der Waals surface area (Å²) in [4.78, 5) is 7.80. The average Bonchev–Trinajstić information content (AvgIpc) is 2.38. The molecule has 8 heteroatoms. The van der Waals surface area contributed by atoms with Crippen LogP contribution in [0.25, 0.3) is 0 Å². The summed E-state index contributed by atoms with van der Waals surface area (Å²) in [6.45, 7) is 0. The third-order valence-electron chi connectivity index (χ3n) is 2.45. The number of rotatable bonds is 4. The third-order valence-corrected chi connectivity index (χ3v) is 2.94. The molecule has 0 spiro atoms. The van der Waals surface area contributed by atoms with Gasteiger partial charge in [-0.2, -0.15) is 4.98 Å². The predicted molar refractivity (Wildman–Crippen MR) is 79.3 cm³/mol. The van der Waals surface area contributed by atoms with Crippen LogP contribution in [0.4, 0.5) is 17.5 Å². The van der Waals surface area contributed by atoms with Crippen LogP contribution in [0.15, 0.2) is 18.2 Å². The van der Waals surface area contributed by atoms with E-state index >= 15 is 0 Å². The summed E-state index contributed by atoms with van der Waals surface area (Å²) in [5.74, 6) is 1.55. The molecule has 106 valence electrons. The van der Waals surface area contributed by atoms with Gasteiger partial charge in [0, 0.05) is 12.1 Å². The number of methoxy groups -OCH3 is 2. The van der Waals surface area contributed by atoms with Crippen LogP contribution < -0.4 is 20.5 Å². The molecular weight excluding hydrogens is 303 g/mol. The molecule has 0 radical (unpaired) electrons. The molecule has 0 amide bonds. The third kappa shape index (κ3) is 3.15. The van der Waals surface area contributed by atoms with Crippen molar-refractivity contribution in [3.05, 3.63) is 28.4 Å². The van der Waals surface area contributed by atoms with Gasteiger partial charge in [0.15, 0.2) is 0 Å². The van der Waals surface area contributed by atoms with Crippen LogP contribution in [0.2, 0.25) is 10.2 Å². The normalized spacial score (nSPS) is 10.2. The van der Waals surface area contributed by atoms with Crippen LogP contribution in [-0.2, 0) is 0 Å². The van der Waals surface area contributed by atoms with E-state index in [0.29, 0.717) is 28.0 Å². The first-order valence-electron chi connectivity index (χ1n) is 5.52. The minimum Gasteiger partial charge on any atom is -0.495 e. The number of nitrogens with zero attached hydrogens (tertiary/aromatic N) is 2. The minimum absolute atomic E-state index is 0.0681. The van der Waals surface area contributed by atoms with Gasteiger partial charge in [0.2, 0.25) is 5.95 Å². The van der Waals surface area contributed by atoms with Gasteiger partial charge in [-0.05, 0) is 6.07 Å². The number of ether oxygens (including phenoxy) is 2. The van der Waals surface area contributed by atoms with E-state index in [1.807, 2.05) is 0 Å². The lowest BCUT2D eigenvalue weighted by atomic mass is 10.2. The number of nitrogens with two attached hydrogens (primary N) is 1. The van der Waals surface area contributed by atoms with E-state index in [9.17, 15) is 0 Å². The van der Waals surface area contributed by atoms with E-state index in [1.54, 1.807) is 12.1 Å². The van der Waals surface area contributed by atoms with Gasteiger partial charge in [-0.1, -0.05) is 23.2 Å². The number of hydrogen-bond acceptors (Lipinski definition) is 6.